The van der Waals surface area contributed by atoms with Crippen LogP contribution in [0.1, 0.15) is 0 Å². The lowest BCUT2D eigenvalue weighted by molar-refractivity contribution is -1.63. The Kier molecular flexibility index (Phi) is 9.20. The molecule has 0 aromatic carbocycles. The number of rotatable bonds is 0. The highest BCUT2D eigenvalue weighted by Crippen LogP contribution is 2.27. The number of hydrogen-bond acceptors (Lipinski definition) is 5. The van der Waals surface area contributed by atoms with Crippen molar-refractivity contribution in [1.29, 1.82) is 0 Å². The van der Waals surface area contributed by atoms with Crippen molar-refractivity contribution in [3.8, 4) is 0 Å². The SMILES string of the molecule is O=C(OCl)C(Cl)(Cl)Cl.[O-][Cl+2]([O-])O. The minimum Gasteiger partial charge on any atom is -0.343 e. The fourth-order valence-corrected chi connectivity index (χ4v) is 0.394. The van der Waals surface area contributed by atoms with Gasteiger partial charge in [0.05, 0.1) is 0 Å². The lowest BCUT2D eigenvalue weighted by Gasteiger charge is -2.02. The van der Waals surface area contributed by atoms with Gasteiger partial charge in [0.2, 0.25) is 0 Å². The third-order valence-corrected chi connectivity index (χ3v) is 0.905. The molecule has 0 aromatic rings. The molecule has 0 aliphatic rings. The van der Waals surface area contributed by atoms with Crippen molar-refractivity contribution in [2.45, 2.75) is 3.79 Å². The van der Waals surface area contributed by atoms with Crippen LogP contribution in [0.5, 0.6) is 0 Å². The number of carbonyl (C=O) groups excluding carboxylic acids is 1. The first-order chi connectivity index (χ1) is 5.21. The zero-order valence-electron chi connectivity index (χ0n) is 4.97. The molecule has 0 aliphatic carbocycles. The van der Waals surface area contributed by atoms with Crippen molar-refractivity contribution in [3.63, 3.8) is 0 Å². The lowest BCUT2D eigenvalue weighted by atomic mass is 10.8. The predicted octanol–water partition coefficient (Wildman–Crippen LogP) is -0.881. The molecule has 74 valence electrons. The van der Waals surface area contributed by atoms with Crippen LogP contribution in [0.25, 0.3) is 0 Å². The summed E-state index contributed by atoms with van der Waals surface area (Å²) in [4.78, 5) is 10.1. The first-order valence-electron chi connectivity index (χ1n) is 1.86. The molecule has 0 aliphatic heterocycles. The Hall–Kier alpha value is 0.800. The minimum atomic E-state index is -2.60. The summed E-state index contributed by atoms with van der Waals surface area (Å²) < 4.78 is 25.5. The van der Waals surface area contributed by atoms with E-state index < -0.39 is 20.5 Å². The molecule has 12 heavy (non-hydrogen) atoms. The molecule has 0 unspecified atom stereocenters. The fraction of sp³-hybridized carbons (Fsp3) is 0.500. The standard InChI is InChI=1S/C2Cl4O2.ClHO3/c3-2(4,5)1(7)8-6;2-1(3)4/h;2H. The van der Waals surface area contributed by atoms with Gasteiger partial charge in [-0.1, -0.05) is 34.8 Å². The van der Waals surface area contributed by atoms with E-state index in [0.29, 0.717) is 0 Å². The summed E-state index contributed by atoms with van der Waals surface area (Å²) in [5.41, 5.74) is 0. The van der Waals surface area contributed by atoms with Gasteiger partial charge in [-0.2, -0.15) is 0 Å². The van der Waals surface area contributed by atoms with E-state index in [4.69, 9.17) is 48.8 Å². The van der Waals surface area contributed by atoms with Crippen LogP contribution >= 0.6 is 46.7 Å². The zero-order valence-corrected chi connectivity index (χ0v) is 8.75. The maximum atomic E-state index is 10.1. The summed E-state index contributed by atoms with van der Waals surface area (Å²) in [6, 6.07) is 0. The highest BCUT2D eigenvalue weighted by atomic mass is 35.6. The minimum absolute atomic E-state index is 1.11. The number of alkyl halides is 3. The van der Waals surface area contributed by atoms with Crippen molar-refractivity contribution >= 4 is 52.6 Å². The monoisotopic (exact) mass is 280 g/mol. The molecule has 0 spiro atoms. The molecular formula is C2HCl5O5. The van der Waals surface area contributed by atoms with Gasteiger partial charge >= 0.3 is 5.97 Å². The highest BCUT2D eigenvalue weighted by Gasteiger charge is 2.32. The predicted molar refractivity (Wildman–Crippen MR) is 34.5 cm³/mol. The molecule has 0 amide bonds. The summed E-state index contributed by atoms with van der Waals surface area (Å²) in [5.74, 6) is -1.11. The van der Waals surface area contributed by atoms with Gasteiger partial charge in [-0.3, -0.25) is 0 Å². The highest BCUT2D eigenvalue weighted by molar-refractivity contribution is 6.76. The molecule has 0 aromatic heterocycles. The van der Waals surface area contributed by atoms with E-state index in [0.717, 1.165) is 0 Å². The van der Waals surface area contributed by atoms with E-state index in [1.807, 2.05) is 0 Å². The summed E-state index contributed by atoms with van der Waals surface area (Å²) in [5, 5.41) is 0. The normalized spacial score (nSPS) is 10.3. The first-order valence-corrected chi connectivity index (χ1v) is 4.25. The maximum absolute atomic E-state index is 10.1. The van der Waals surface area contributed by atoms with Crippen LogP contribution in [0, 0.1) is 10.8 Å². The average Bonchev–Trinajstić information content (AvgIpc) is 1.82. The number of halogens is 5. The molecule has 1 N–H and O–H groups in total. The van der Waals surface area contributed by atoms with E-state index in [1.165, 1.54) is 0 Å². The molecule has 0 rings (SSSR count). The van der Waals surface area contributed by atoms with Crippen LogP contribution in [0.3, 0.4) is 0 Å². The molecule has 0 saturated heterocycles. The van der Waals surface area contributed by atoms with E-state index in [1.54, 1.807) is 0 Å². The van der Waals surface area contributed by atoms with Crippen LogP contribution in [-0.4, -0.2) is 14.4 Å². The van der Waals surface area contributed by atoms with Crippen molar-refractivity contribution in [1.82, 2.24) is 0 Å². The van der Waals surface area contributed by atoms with E-state index >= 15 is 0 Å². The third-order valence-electron chi connectivity index (χ3n) is 0.302. The Labute approximate surface area is 90.3 Å². The van der Waals surface area contributed by atoms with Gasteiger partial charge in [-0.05, 0) is 0 Å². The smallest absolute Gasteiger partial charge is 0.343 e. The summed E-state index contributed by atoms with van der Waals surface area (Å²) >= 11 is 19.4. The van der Waals surface area contributed by atoms with Crippen molar-refractivity contribution in [3.05, 3.63) is 0 Å². The van der Waals surface area contributed by atoms with Crippen LogP contribution in [0.2, 0.25) is 0 Å². The average molecular weight is 282 g/mol. The summed E-state index contributed by atoms with van der Waals surface area (Å²) in [6.45, 7) is 0. The van der Waals surface area contributed by atoms with Crippen LogP contribution in [-0.2, 0) is 9.08 Å². The Bertz CT molecular complexity index is 128. The van der Waals surface area contributed by atoms with Gasteiger partial charge in [0.1, 0.15) is 11.9 Å². The molecule has 0 saturated carbocycles. The van der Waals surface area contributed by atoms with Gasteiger partial charge in [0, 0.05) is 4.66 Å². The lowest BCUT2D eigenvalue weighted by Crippen LogP contribution is -2.30. The van der Waals surface area contributed by atoms with Crippen molar-refractivity contribution < 1.29 is 33.8 Å². The molecule has 0 radical (unpaired) electrons. The Morgan fingerprint density at radius 1 is 1.42 bits per heavy atom. The summed E-state index contributed by atoms with van der Waals surface area (Å²) in [6.07, 6.45) is 0. The van der Waals surface area contributed by atoms with Crippen molar-refractivity contribution in [2.24, 2.45) is 0 Å². The molecule has 0 bridgehead atoms. The fourth-order valence-electron chi connectivity index (χ4n) is 0.0437. The Morgan fingerprint density at radius 3 is 1.67 bits per heavy atom. The topological polar surface area (TPSA) is 92.7 Å². The first kappa shape index (κ1) is 15.3. The van der Waals surface area contributed by atoms with Crippen LogP contribution in [0.4, 0.5) is 0 Å². The van der Waals surface area contributed by atoms with Gasteiger partial charge in [0.15, 0.2) is 0 Å². The molecule has 0 heterocycles. The molecular weight excluding hydrogens is 281 g/mol. The quantitative estimate of drug-likeness (QED) is 0.582. The second-order valence-electron chi connectivity index (χ2n) is 1.06. The van der Waals surface area contributed by atoms with E-state index in [2.05, 4.69) is 16.2 Å². The van der Waals surface area contributed by atoms with E-state index in [-0.39, 0.29) is 0 Å². The second kappa shape index (κ2) is 7.23. The second-order valence-corrected chi connectivity index (χ2v) is 3.90. The van der Waals surface area contributed by atoms with Crippen molar-refractivity contribution in [2.75, 3.05) is 0 Å². The summed E-state index contributed by atoms with van der Waals surface area (Å²) in [7, 11) is -2.60. The number of carbonyl (C=O) groups is 1. The van der Waals surface area contributed by atoms with Gasteiger partial charge in [-0.25, -0.2) is 4.79 Å². The van der Waals surface area contributed by atoms with E-state index in [9.17, 15) is 4.79 Å². The maximum Gasteiger partial charge on any atom is 0.376 e. The molecule has 10 heteroatoms. The van der Waals surface area contributed by atoms with Gasteiger partial charge in [-0.15, -0.1) is 0 Å². The number of hydrogen-bond donors (Lipinski definition) is 1. The zero-order chi connectivity index (χ0) is 10.4. The largest absolute Gasteiger partial charge is 0.376 e. The van der Waals surface area contributed by atoms with Crippen LogP contribution < -0.4 is 9.32 Å². The Balaban J connectivity index is 0. The van der Waals surface area contributed by atoms with Gasteiger partial charge < -0.3 is 13.6 Å². The molecule has 0 fully saturated rings. The third kappa shape index (κ3) is 13.4. The van der Waals surface area contributed by atoms with Crippen LogP contribution in [0.15, 0.2) is 0 Å². The Morgan fingerprint density at radius 2 is 1.67 bits per heavy atom. The molecule has 5 nitrogen and oxygen atoms in total. The van der Waals surface area contributed by atoms with Gasteiger partial charge in [0.25, 0.3) is 14.6 Å². The molecule has 0 atom stereocenters.